The van der Waals surface area contributed by atoms with E-state index in [4.69, 9.17) is 18.9 Å². The quantitative estimate of drug-likeness (QED) is 0.133. The fourth-order valence-electron chi connectivity index (χ4n) is 2.51. The van der Waals surface area contributed by atoms with E-state index in [1.807, 2.05) is 0 Å². The van der Waals surface area contributed by atoms with Gasteiger partial charge in [0.15, 0.2) is 6.10 Å². The molecule has 0 bridgehead atoms. The summed E-state index contributed by atoms with van der Waals surface area (Å²) in [6.07, 6.45) is -0.829. The van der Waals surface area contributed by atoms with Crippen molar-refractivity contribution in [3.05, 3.63) is 11.8 Å². The fraction of sp³-hybridized carbons (Fsp3) is 0.579. The lowest BCUT2D eigenvalue weighted by atomic mass is 10.2. The first-order chi connectivity index (χ1) is 15.0. The number of ether oxygens (including phenoxy) is 4. The van der Waals surface area contributed by atoms with Crippen LogP contribution in [0.15, 0.2) is 11.8 Å². The molecule has 0 aliphatic carbocycles. The van der Waals surface area contributed by atoms with Gasteiger partial charge in [0.05, 0.1) is 6.61 Å². The average Bonchev–Trinajstić information content (AvgIpc) is 2.71. The van der Waals surface area contributed by atoms with Gasteiger partial charge >= 0.3 is 23.9 Å². The predicted octanol–water partition coefficient (Wildman–Crippen LogP) is -1.05. The molecule has 0 aromatic heterocycles. The van der Waals surface area contributed by atoms with Gasteiger partial charge < -0.3 is 24.3 Å². The number of rotatable bonds is 11. The number of esters is 3. The highest BCUT2D eigenvalue weighted by Gasteiger charge is 2.37. The van der Waals surface area contributed by atoms with Crippen molar-refractivity contribution in [3.63, 3.8) is 0 Å². The van der Waals surface area contributed by atoms with Crippen LogP contribution in [0.5, 0.6) is 0 Å². The Kier molecular flexibility index (Phi) is 10.3. The molecule has 0 saturated carbocycles. The maximum absolute atomic E-state index is 12.1. The third kappa shape index (κ3) is 7.98. The van der Waals surface area contributed by atoms with E-state index in [9.17, 15) is 28.8 Å². The molecule has 1 rings (SSSR count). The third-order valence-electron chi connectivity index (χ3n) is 4.10. The van der Waals surface area contributed by atoms with Crippen LogP contribution in [0.3, 0.4) is 0 Å². The van der Waals surface area contributed by atoms with Crippen molar-refractivity contribution < 1.29 is 47.7 Å². The van der Waals surface area contributed by atoms with Crippen molar-refractivity contribution in [2.45, 2.75) is 33.0 Å². The molecule has 1 aliphatic rings. The first kappa shape index (κ1) is 26.6. The monoisotopic (exact) mass is 457 g/mol. The molecule has 1 heterocycles. The van der Waals surface area contributed by atoms with Crippen LogP contribution in [0.25, 0.3) is 0 Å². The molecule has 13 heteroatoms. The van der Waals surface area contributed by atoms with Crippen LogP contribution in [-0.4, -0.2) is 98.2 Å². The number of likely N-dealkylation sites (N-methyl/N-ethyl adjacent to an activating group) is 2. The van der Waals surface area contributed by atoms with E-state index >= 15 is 0 Å². The molecule has 1 fully saturated rings. The average molecular weight is 457 g/mol. The Bertz CT molecular complexity index is 768. The van der Waals surface area contributed by atoms with E-state index in [2.05, 4.69) is 5.32 Å². The Hall–Kier alpha value is -3.48. The molecular weight excluding hydrogens is 430 g/mol. The van der Waals surface area contributed by atoms with Gasteiger partial charge in [-0.2, -0.15) is 0 Å². The Morgan fingerprint density at radius 2 is 1.38 bits per heavy atom. The lowest BCUT2D eigenvalue weighted by molar-refractivity contribution is -0.173. The summed E-state index contributed by atoms with van der Waals surface area (Å²) in [5.74, 6) is -3.35. The molecular formula is C19H27N3O10. The van der Waals surface area contributed by atoms with Crippen molar-refractivity contribution in [1.29, 1.82) is 0 Å². The highest BCUT2D eigenvalue weighted by molar-refractivity contribution is 6.28. The van der Waals surface area contributed by atoms with E-state index in [0.29, 0.717) is 0 Å². The van der Waals surface area contributed by atoms with Crippen molar-refractivity contribution in [1.82, 2.24) is 15.1 Å². The number of nitrogens with one attached hydrogen (secondary N) is 1. The minimum atomic E-state index is -1.04. The second-order valence-electron chi connectivity index (χ2n) is 6.69. The normalized spacial score (nSPS) is 15.8. The van der Waals surface area contributed by atoms with Gasteiger partial charge in [0, 0.05) is 47.6 Å². The van der Waals surface area contributed by atoms with Gasteiger partial charge in [-0.15, -0.1) is 0 Å². The molecule has 32 heavy (non-hydrogen) atoms. The molecule has 0 aromatic rings. The number of carbonyl (C=O) groups is 6. The number of barbiturate groups is 1. The lowest BCUT2D eigenvalue weighted by Gasteiger charge is -2.28. The number of nitrogens with zero attached hydrogens (tertiary/aromatic N) is 2. The third-order valence-corrected chi connectivity index (χ3v) is 4.10. The summed E-state index contributed by atoms with van der Waals surface area (Å²) in [6, 6.07) is -0.738. The molecule has 2 atom stereocenters. The maximum atomic E-state index is 12.1. The van der Waals surface area contributed by atoms with Crippen LogP contribution in [0.2, 0.25) is 0 Å². The van der Waals surface area contributed by atoms with Crippen molar-refractivity contribution in [3.8, 4) is 0 Å². The summed E-state index contributed by atoms with van der Waals surface area (Å²) in [5, 5.41) is 2.73. The van der Waals surface area contributed by atoms with Gasteiger partial charge in [0.1, 0.15) is 24.9 Å². The second kappa shape index (κ2) is 12.4. The van der Waals surface area contributed by atoms with Crippen LogP contribution in [-0.2, 0) is 42.9 Å². The molecule has 0 spiro atoms. The number of hydrogen-bond acceptors (Lipinski definition) is 11. The van der Waals surface area contributed by atoms with Gasteiger partial charge in [-0.25, -0.2) is 4.79 Å². The van der Waals surface area contributed by atoms with Crippen LogP contribution < -0.4 is 5.32 Å². The van der Waals surface area contributed by atoms with Crippen LogP contribution in [0.1, 0.15) is 20.8 Å². The summed E-state index contributed by atoms with van der Waals surface area (Å²) in [6.45, 7) is 3.02. The summed E-state index contributed by atoms with van der Waals surface area (Å²) in [7, 11) is 2.50. The standard InChI is InChI=1S/C19H27N3O10/c1-11(23)30-9-15(16(32-13(3)25)10-31-12(2)24)29-7-6-20-8-14-17(26)21(4)19(28)22(5)18(14)27/h8,15-16,20H,6-7,9-10H2,1-5H3/t15?,16-/m0/s1. The van der Waals surface area contributed by atoms with Crippen molar-refractivity contribution >= 4 is 35.8 Å². The number of hydrogen-bond donors (Lipinski definition) is 1. The van der Waals surface area contributed by atoms with Crippen molar-refractivity contribution in [2.75, 3.05) is 40.5 Å². The van der Waals surface area contributed by atoms with Gasteiger partial charge in [0.2, 0.25) is 0 Å². The zero-order valence-electron chi connectivity index (χ0n) is 18.5. The summed E-state index contributed by atoms with van der Waals surface area (Å²) >= 11 is 0. The first-order valence-corrected chi connectivity index (χ1v) is 9.54. The molecule has 4 amide bonds. The van der Waals surface area contributed by atoms with Crippen LogP contribution in [0, 0.1) is 0 Å². The summed E-state index contributed by atoms with van der Waals surface area (Å²) in [4.78, 5) is 71.2. The Balaban J connectivity index is 2.75. The Labute approximate surface area is 184 Å². The molecule has 178 valence electrons. The van der Waals surface area contributed by atoms with E-state index in [0.717, 1.165) is 22.9 Å². The number of carbonyl (C=O) groups excluding carboxylic acids is 6. The van der Waals surface area contributed by atoms with Crippen LogP contribution >= 0.6 is 0 Å². The fourth-order valence-corrected chi connectivity index (χ4v) is 2.51. The smallest absolute Gasteiger partial charge is 0.333 e. The molecule has 1 saturated heterocycles. The maximum Gasteiger partial charge on any atom is 0.333 e. The number of imide groups is 2. The van der Waals surface area contributed by atoms with E-state index in [1.165, 1.54) is 27.9 Å². The second-order valence-corrected chi connectivity index (χ2v) is 6.69. The van der Waals surface area contributed by atoms with Crippen molar-refractivity contribution in [2.24, 2.45) is 0 Å². The van der Waals surface area contributed by atoms with Gasteiger partial charge in [-0.05, 0) is 0 Å². The van der Waals surface area contributed by atoms with Gasteiger partial charge in [-0.1, -0.05) is 0 Å². The number of amides is 4. The summed E-state index contributed by atoms with van der Waals surface area (Å²) in [5.41, 5.74) is -0.237. The van der Waals surface area contributed by atoms with E-state index in [1.54, 1.807) is 0 Å². The minimum absolute atomic E-state index is 0.0272. The van der Waals surface area contributed by atoms with Crippen LogP contribution in [0.4, 0.5) is 4.79 Å². The SMILES string of the molecule is CC(=O)OCC(OCCNC=C1C(=O)N(C)C(=O)N(C)C1=O)[C@H](COC(C)=O)OC(C)=O. The topological polar surface area (TPSA) is 158 Å². The highest BCUT2D eigenvalue weighted by Crippen LogP contribution is 2.13. The molecule has 13 nitrogen and oxygen atoms in total. The largest absolute Gasteiger partial charge is 0.463 e. The number of urea groups is 1. The zero-order valence-corrected chi connectivity index (χ0v) is 18.5. The zero-order chi connectivity index (χ0) is 24.4. The first-order valence-electron chi connectivity index (χ1n) is 9.54. The Morgan fingerprint density at radius 1 is 0.875 bits per heavy atom. The Morgan fingerprint density at radius 3 is 1.84 bits per heavy atom. The molecule has 0 radical (unpaired) electrons. The molecule has 1 N–H and O–H groups in total. The van der Waals surface area contributed by atoms with E-state index < -0.39 is 48.0 Å². The lowest BCUT2D eigenvalue weighted by Crippen LogP contribution is -2.53. The van der Waals surface area contributed by atoms with Gasteiger partial charge in [-0.3, -0.25) is 33.8 Å². The molecule has 0 aromatic carbocycles. The highest BCUT2D eigenvalue weighted by atomic mass is 16.6. The summed E-state index contributed by atoms with van der Waals surface area (Å²) < 4.78 is 20.5. The molecule has 1 aliphatic heterocycles. The van der Waals surface area contributed by atoms with E-state index in [-0.39, 0.29) is 31.9 Å². The minimum Gasteiger partial charge on any atom is -0.463 e. The predicted molar refractivity (Wildman–Crippen MR) is 106 cm³/mol. The van der Waals surface area contributed by atoms with Gasteiger partial charge in [0.25, 0.3) is 11.8 Å². The molecule has 1 unspecified atom stereocenters.